The zero-order valence-corrected chi connectivity index (χ0v) is 19.8. The van der Waals surface area contributed by atoms with Crippen LogP contribution in [0.25, 0.3) is 10.9 Å². The number of carbonyl (C=O) groups is 4. The van der Waals surface area contributed by atoms with Gasteiger partial charge < -0.3 is 29.4 Å². The number of carboxylic acid groups (broad SMARTS) is 1. The molecule has 35 heavy (non-hydrogen) atoms. The highest BCUT2D eigenvalue weighted by molar-refractivity contribution is 6.45. The predicted octanol–water partition coefficient (Wildman–Crippen LogP) is 2.08. The number of nitrogens with zero attached hydrogens (tertiary/aromatic N) is 2. The molecule has 0 unspecified atom stereocenters. The topological polar surface area (TPSA) is 129 Å². The molecule has 0 spiro atoms. The highest BCUT2D eigenvalue weighted by atomic mass is 16.5. The molecule has 2 fully saturated rings. The fourth-order valence-corrected chi connectivity index (χ4v) is 5.12. The number of aromatic amines is 1. The fourth-order valence-electron chi connectivity index (χ4n) is 5.12. The first-order valence-electron chi connectivity index (χ1n) is 12.0. The molecular weight excluding hydrogens is 454 g/mol. The third-order valence-electron chi connectivity index (χ3n) is 6.90. The van der Waals surface area contributed by atoms with Crippen LogP contribution in [0.4, 0.5) is 0 Å². The third-order valence-corrected chi connectivity index (χ3v) is 6.90. The summed E-state index contributed by atoms with van der Waals surface area (Å²) in [6.45, 7) is 0.782. The van der Waals surface area contributed by atoms with E-state index in [1.54, 1.807) is 23.1 Å². The summed E-state index contributed by atoms with van der Waals surface area (Å²) in [5.41, 5.74) is 0.739. The van der Waals surface area contributed by atoms with Crippen molar-refractivity contribution in [3.8, 4) is 5.75 Å². The van der Waals surface area contributed by atoms with Gasteiger partial charge in [-0.25, -0.2) is 0 Å². The molecule has 1 aliphatic heterocycles. The van der Waals surface area contributed by atoms with E-state index in [1.165, 1.54) is 13.3 Å². The molecule has 2 heterocycles. The Bertz CT molecular complexity index is 1100. The summed E-state index contributed by atoms with van der Waals surface area (Å²) in [6.07, 6.45) is 5.65. The molecule has 1 saturated heterocycles. The summed E-state index contributed by atoms with van der Waals surface area (Å²) in [5.74, 6) is -3.04. The van der Waals surface area contributed by atoms with Crippen LogP contribution < -0.4 is 4.74 Å². The number of fused-ring (bicyclic) bond motifs is 1. The van der Waals surface area contributed by atoms with Gasteiger partial charge in [-0.05, 0) is 30.9 Å². The van der Waals surface area contributed by atoms with Gasteiger partial charge in [0, 0.05) is 36.3 Å². The van der Waals surface area contributed by atoms with Crippen molar-refractivity contribution in [2.75, 3.05) is 40.0 Å². The number of H-pyrrole nitrogens is 1. The lowest BCUT2D eigenvalue weighted by Crippen LogP contribution is -2.58. The number of aromatic nitrogens is 1. The standard InChI is InChI=1S/C25H31N3O7/c1-34-17-7-8-18-19(14-26-20(18)13-17)23(31)25(33)28(15-21(29)30)22(16-5-3-2-4-6-16)24(32)27-9-11-35-12-10-27/h7-8,13-14,16,22,26H,2-6,9-12,15H2,1H3,(H,29,30)/t22-/m1/s1. The molecule has 10 heteroatoms. The Balaban J connectivity index is 1.68. The average molecular weight is 486 g/mol. The second-order valence-electron chi connectivity index (χ2n) is 9.05. The number of nitrogens with one attached hydrogen (secondary N) is 1. The summed E-state index contributed by atoms with van der Waals surface area (Å²) >= 11 is 0. The maximum atomic E-state index is 13.7. The fraction of sp³-hybridized carbons (Fsp3) is 0.520. The lowest BCUT2D eigenvalue weighted by Gasteiger charge is -2.40. The highest BCUT2D eigenvalue weighted by Crippen LogP contribution is 2.31. The number of rotatable bonds is 8. The lowest BCUT2D eigenvalue weighted by atomic mass is 9.82. The third kappa shape index (κ3) is 5.32. The first kappa shape index (κ1) is 24.7. The number of carbonyl (C=O) groups excluding carboxylic acids is 3. The second kappa shape index (κ2) is 10.9. The van der Waals surface area contributed by atoms with Crippen molar-refractivity contribution >= 4 is 34.5 Å². The van der Waals surface area contributed by atoms with Crippen LogP contribution in [-0.4, -0.2) is 89.5 Å². The molecule has 1 aromatic heterocycles. The molecule has 0 radical (unpaired) electrons. The smallest absolute Gasteiger partial charge is 0.323 e. The van der Waals surface area contributed by atoms with Gasteiger partial charge in [0.25, 0.3) is 11.7 Å². The van der Waals surface area contributed by atoms with Crippen molar-refractivity contribution in [3.63, 3.8) is 0 Å². The van der Waals surface area contributed by atoms with Crippen molar-refractivity contribution in [1.29, 1.82) is 0 Å². The number of morpholine rings is 1. The van der Waals surface area contributed by atoms with Gasteiger partial charge in [0.1, 0.15) is 18.3 Å². The predicted molar refractivity (Wildman–Crippen MR) is 126 cm³/mol. The molecule has 1 aromatic carbocycles. The number of benzene rings is 1. The summed E-state index contributed by atoms with van der Waals surface area (Å²) < 4.78 is 10.6. The minimum absolute atomic E-state index is 0.129. The monoisotopic (exact) mass is 485 g/mol. The quantitative estimate of drug-likeness (QED) is 0.433. The van der Waals surface area contributed by atoms with Crippen LogP contribution in [0, 0.1) is 5.92 Å². The maximum Gasteiger partial charge on any atom is 0.323 e. The summed E-state index contributed by atoms with van der Waals surface area (Å²) in [5, 5.41) is 10.2. The van der Waals surface area contributed by atoms with Crippen LogP contribution in [0.3, 0.4) is 0 Å². The summed E-state index contributed by atoms with van der Waals surface area (Å²) in [4.78, 5) is 58.1. The van der Waals surface area contributed by atoms with Crippen LogP contribution in [-0.2, 0) is 19.1 Å². The van der Waals surface area contributed by atoms with Crippen LogP contribution >= 0.6 is 0 Å². The second-order valence-corrected chi connectivity index (χ2v) is 9.05. The molecular formula is C25H31N3O7. The Labute approximate surface area is 203 Å². The first-order valence-corrected chi connectivity index (χ1v) is 12.0. The molecule has 4 rings (SSSR count). The maximum absolute atomic E-state index is 13.7. The van der Waals surface area contributed by atoms with Crippen LogP contribution in [0.5, 0.6) is 5.75 Å². The highest BCUT2D eigenvalue weighted by Gasteiger charge is 2.42. The molecule has 2 aliphatic rings. The number of aliphatic carboxylic acids is 1. The van der Waals surface area contributed by atoms with Crippen LogP contribution in [0.2, 0.25) is 0 Å². The minimum atomic E-state index is -1.27. The number of ketones is 1. The van der Waals surface area contributed by atoms with E-state index >= 15 is 0 Å². The first-order chi connectivity index (χ1) is 16.9. The molecule has 10 nitrogen and oxygen atoms in total. The molecule has 2 N–H and O–H groups in total. The zero-order chi connectivity index (χ0) is 24.9. The van der Waals surface area contributed by atoms with Crippen LogP contribution in [0.15, 0.2) is 24.4 Å². The number of hydrogen-bond acceptors (Lipinski definition) is 6. The molecule has 1 aliphatic carbocycles. The van der Waals surface area contributed by atoms with E-state index in [0.29, 0.717) is 55.8 Å². The van der Waals surface area contributed by atoms with Gasteiger partial charge in [-0.1, -0.05) is 19.3 Å². The van der Waals surface area contributed by atoms with Gasteiger partial charge in [0.05, 0.1) is 25.9 Å². The molecule has 188 valence electrons. The Morgan fingerprint density at radius 3 is 2.54 bits per heavy atom. The molecule has 1 saturated carbocycles. The van der Waals surface area contributed by atoms with Crippen molar-refractivity contribution < 1.29 is 33.8 Å². The number of hydrogen-bond donors (Lipinski definition) is 2. The van der Waals surface area contributed by atoms with Crippen molar-refractivity contribution in [1.82, 2.24) is 14.8 Å². The molecule has 0 bridgehead atoms. The normalized spacial score (nSPS) is 17.7. The van der Waals surface area contributed by atoms with E-state index in [4.69, 9.17) is 9.47 Å². The van der Waals surface area contributed by atoms with Gasteiger partial charge in [-0.3, -0.25) is 19.2 Å². The lowest BCUT2D eigenvalue weighted by molar-refractivity contribution is -0.153. The number of Topliss-reactive ketones (excluding diaryl/α,β-unsaturated/α-hetero) is 1. The van der Waals surface area contributed by atoms with E-state index < -0.39 is 30.2 Å². The summed E-state index contributed by atoms with van der Waals surface area (Å²) in [6, 6.07) is 4.05. The van der Waals surface area contributed by atoms with E-state index in [2.05, 4.69) is 4.98 Å². The van der Waals surface area contributed by atoms with E-state index in [-0.39, 0.29) is 17.4 Å². The number of methoxy groups -OCH3 is 1. The summed E-state index contributed by atoms with van der Waals surface area (Å²) in [7, 11) is 1.53. The largest absolute Gasteiger partial charge is 0.497 e. The molecule has 1 atom stereocenters. The Morgan fingerprint density at radius 2 is 1.89 bits per heavy atom. The Hall–Kier alpha value is -3.40. The zero-order valence-electron chi connectivity index (χ0n) is 19.8. The van der Waals surface area contributed by atoms with Gasteiger partial charge in [-0.15, -0.1) is 0 Å². The van der Waals surface area contributed by atoms with E-state index in [1.807, 2.05) is 0 Å². The number of amides is 2. The van der Waals surface area contributed by atoms with Crippen molar-refractivity contribution in [2.45, 2.75) is 38.1 Å². The molecule has 2 amide bonds. The SMILES string of the molecule is COc1ccc2c(C(=O)C(=O)N(CC(=O)O)[C@@H](C(=O)N3CCOCC3)C3CCCCC3)c[nH]c2c1. The van der Waals surface area contributed by atoms with Crippen LogP contribution in [0.1, 0.15) is 42.5 Å². The van der Waals surface area contributed by atoms with Gasteiger partial charge in [-0.2, -0.15) is 0 Å². The number of carboxylic acids is 1. The Kier molecular flexibility index (Phi) is 7.70. The minimum Gasteiger partial charge on any atom is -0.497 e. The Morgan fingerprint density at radius 1 is 1.17 bits per heavy atom. The van der Waals surface area contributed by atoms with Gasteiger partial charge >= 0.3 is 5.97 Å². The van der Waals surface area contributed by atoms with Gasteiger partial charge in [0.15, 0.2) is 0 Å². The van der Waals surface area contributed by atoms with Crippen molar-refractivity contribution in [2.24, 2.45) is 5.92 Å². The van der Waals surface area contributed by atoms with Crippen molar-refractivity contribution in [3.05, 3.63) is 30.0 Å². The molecule has 2 aromatic rings. The van der Waals surface area contributed by atoms with E-state index in [0.717, 1.165) is 24.2 Å². The number of ether oxygens (including phenoxy) is 2. The van der Waals surface area contributed by atoms with Gasteiger partial charge in [0.2, 0.25) is 5.91 Å². The average Bonchev–Trinajstić information content (AvgIpc) is 3.31. The van der Waals surface area contributed by atoms with E-state index in [9.17, 15) is 24.3 Å².